The SMILES string of the molecule is C[C@@H]1S[C@@H]2[C@H](NC(=O)/C(=N\OC(C)(C)C(=O)[O-])c3csc(N)n3)C(=O)N2C(C(=O)[O-])=C1C[N+]12CCC(CC1)N(C(=O)c1c[nH]c3cc(O)c(O)c(Cl)c3c1=O)CC2.[Na+]. The molecule has 302 valence electrons. The van der Waals surface area contributed by atoms with Crippen LogP contribution in [0.25, 0.3) is 10.9 Å². The fraction of sp³-hybridized carbons (Fsp3) is 0.429. The largest absolute Gasteiger partial charge is 1.00 e. The first-order valence-electron chi connectivity index (χ1n) is 17.7. The number of carboxylic acid groups (broad SMARTS) is 2. The molecule has 0 aliphatic carbocycles. The number of halogens is 1. The standard InChI is InChI=1S/C35H37ClN8O11S2.Na/c1-14-17(12-44-7-4-15(5-8-44)42(6-9-44)29(49)16-11-38-18-10-20(45)27(47)22(36)21(18)26(16)46)25(32(51)52)43-30(50)24(31(43)57-14)40-28(48)23(19-13-56-34(37)39-19)41-55-35(2,3)33(53)54;/h10-11,13-15,24,31H,4-9,12H2,1-3H3,(H7-,37,38,39,40,41,45,46,47,48,49,51,52,53,54);/q;+1/p-1/t14-,15?,24+,31+,44?;/m0./s1. The van der Waals surface area contributed by atoms with E-state index in [0.29, 0.717) is 42.5 Å². The van der Waals surface area contributed by atoms with Gasteiger partial charge >= 0.3 is 29.6 Å². The number of carbonyl (C=O) groups is 5. The second kappa shape index (κ2) is 16.0. The van der Waals surface area contributed by atoms with Crippen molar-refractivity contribution < 1.29 is 83.3 Å². The topological polar surface area (TPSA) is 284 Å². The normalized spacial score (nSPS) is 24.4. The summed E-state index contributed by atoms with van der Waals surface area (Å²) >= 11 is 8.45. The van der Waals surface area contributed by atoms with Crippen LogP contribution in [0.2, 0.25) is 5.02 Å². The number of nitrogens with two attached hydrogens (primary N) is 1. The number of pyridine rings is 1. The molecule has 0 spiro atoms. The average Bonchev–Trinajstić information content (AvgIpc) is 3.40. The minimum atomic E-state index is -1.93. The number of benzene rings is 1. The Bertz CT molecular complexity index is 2380. The van der Waals surface area contributed by atoms with Crippen LogP contribution in [0.15, 0.2) is 38.9 Å². The minimum Gasteiger partial charge on any atom is -0.546 e. The number of oxime groups is 1. The number of piperidine rings is 1. The number of nitrogen functional groups attached to an aromatic ring is 1. The van der Waals surface area contributed by atoms with Gasteiger partial charge in [-0.05, 0) is 20.8 Å². The molecule has 58 heavy (non-hydrogen) atoms. The first-order valence-corrected chi connectivity index (χ1v) is 19.9. The Morgan fingerprint density at radius 1 is 1.19 bits per heavy atom. The molecule has 19 nitrogen and oxygen atoms in total. The minimum absolute atomic E-state index is 0. The van der Waals surface area contributed by atoms with Crippen molar-refractivity contribution >= 4 is 86.1 Å². The van der Waals surface area contributed by atoms with Crippen LogP contribution in [0.5, 0.6) is 11.5 Å². The maximum Gasteiger partial charge on any atom is 1.00 e. The Morgan fingerprint density at radius 2 is 1.88 bits per heavy atom. The number of anilines is 1. The van der Waals surface area contributed by atoms with Gasteiger partial charge in [-0.3, -0.25) is 24.1 Å². The number of aromatic nitrogens is 2. The molecule has 5 aliphatic rings. The number of fused-ring (bicyclic) bond motifs is 6. The number of hydrogen-bond acceptors (Lipinski definition) is 16. The maximum absolute atomic E-state index is 13.9. The molecule has 1 aromatic carbocycles. The van der Waals surface area contributed by atoms with Crippen LogP contribution in [0, 0.1) is 0 Å². The van der Waals surface area contributed by atoms with Gasteiger partial charge in [0.15, 0.2) is 27.9 Å². The molecule has 0 unspecified atom stereocenters. The first-order chi connectivity index (χ1) is 26.8. The summed E-state index contributed by atoms with van der Waals surface area (Å²) in [7, 11) is 0. The van der Waals surface area contributed by atoms with E-state index < -0.39 is 74.6 Å². The van der Waals surface area contributed by atoms with Gasteiger partial charge in [-0.25, -0.2) is 4.98 Å². The van der Waals surface area contributed by atoms with Gasteiger partial charge in [-0.2, -0.15) is 0 Å². The van der Waals surface area contributed by atoms with E-state index in [4.69, 9.17) is 22.2 Å². The van der Waals surface area contributed by atoms with E-state index in [1.54, 1.807) is 11.8 Å². The quantitative estimate of drug-likeness (QED) is 0.0323. The maximum atomic E-state index is 13.9. The smallest absolute Gasteiger partial charge is 0.546 e. The van der Waals surface area contributed by atoms with Gasteiger partial charge in [0.25, 0.3) is 17.7 Å². The van der Waals surface area contributed by atoms with Crippen LogP contribution < -0.4 is 56.2 Å². The number of carbonyl (C=O) groups excluding carboxylic acids is 5. The molecule has 23 heteroatoms. The average molecular weight is 867 g/mol. The summed E-state index contributed by atoms with van der Waals surface area (Å²) in [5.41, 5.74) is 2.73. The van der Waals surface area contributed by atoms with Crippen molar-refractivity contribution in [3.05, 3.63) is 55.4 Å². The van der Waals surface area contributed by atoms with E-state index in [1.807, 2.05) is 0 Å². The van der Waals surface area contributed by atoms with Gasteiger partial charge in [0.05, 0.1) is 59.7 Å². The van der Waals surface area contributed by atoms with Crippen LogP contribution >= 0.6 is 34.7 Å². The third-order valence-corrected chi connectivity index (χ3v) is 13.4. The van der Waals surface area contributed by atoms with Crippen LogP contribution in [0.4, 0.5) is 5.13 Å². The number of quaternary nitrogens is 1. The molecule has 7 heterocycles. The fourth-order valence-corrected chi connectivity index (χ4v) is 9.96. The van der Waals surface area contributed by atoms with Gasteiger partial charge in [-0.15, -0.1) is 23.1 Å². The third-order valence-electron chi connectivity index (χ3n) is 10.9. The number of rotatable bonds is 10. The second-order valence-electron chi connectivity index (χ2n) is 14.8. The van der Waals surface area contributed by atoms with E-state index in [1.165, 1.54) is 23.3 Å². The number of aliphatic carboxylic acids is 2. The number of nitrogens with one attached hydrogen (secondary N) is 2. The van der Waals surface area contributed by atoms with Crippen molar-refractivity contribution in [2.45, 2.75) is 61.9 Å². The number of aromatic hydroxyl groups is 2. The molecule has 3 aromatic rings. The van der Waals surface area contributed by atoms with Crippen molar-refractivity contribution in [3.63, 3.8) is 0 Å². The van der Waals surface area contributed by atoms with E-state index >= 15 is 0 Å². The van der Waals surface area contributed by atoms with Gasteiger partial charge in [0.2, 0.25) is 5.43 Å². The number of phenolic OH excluding ortho intramolecular Hbond substituents is 2. The fourth-order valence-electron chi connectivity index (χ4n) is 7.68. The molecule has 3 amide bonds. The molecule has 8 rings (SSSR count). The number of H-pyrrole nitrogens is 1. The Kier molecular flexibility index (Phi) is 11.9. The van der Waals surface area contributed by atoms with Crippen LogP contribution in [-0.4, -0.2) is 131 Å². The molecule has 4 fully saturated rings. The molecular weight excluding hydrogens is 831 g/mol. The number of thioether (sulfide) groups is 1. The molecule has 6 N–H and O–H groups in total. The van der Waals surface area contributed by atoms with Gasteiger partial charge < -0.3 is 60.3 Å². The Hall–Kier alpha value is -4.38. The zero-order valence-corrected chi connectivity index (χ0v) is 36.0. The number of thiazole rings is 1. The Morgan fingerprint density at radius 3 is 2.50 bits per heavy atom. The summed E-state index contributed by atoms with van der Waals surface area (Å²) in [5, 5.41) is 50.3. The van der Waals surface area contributed by atoms with E-state index in [2.05, 4.69) is 20.4 Å². The summed E-state index contributed by atoms with van der Waals surface area (Å²) in [6.45, 7) is 6.19. The van der Waals surface area contributed by atoms with Crippen LogP contribution in [0.1, 0.15) is 49.7 Å². The van der Waals surface area contributed by atoms with E-state index in [0.717, 1.165) is 36.2 Å². The Labute approximate surface area is 364 Å². The summed E-state index contributed by atoms with van der Waals surface area (Å²) in [5.74, 6) is -6.56. The molecule has 0 radical (unpaired) electrons. The number of aromatic amines is 1. The predicted molar refractivity (Wildman–Crippen MR) is 202 cm³/mol. The van der Waals surface area contributed by atoms with E-state index in [9.17, 15) is 49.2 Å². The zero-order valence-electron chi connectivity index (χ0n) is 31.6. The zero-order chi connectivity index (χ0) is 41.3. The van der Waals surface area contributed by atoms with Crippen molar-refractivity contribution in [1.82, 2.24) is 25.1 Å². The third kappa shape index (κ3) is 7.52. The van der Waals surface area contributed by atoms with Crippen molar-refractivity contribution in [2.75, 3.05) is 38.5 Å². The van der Waals surface area contributed by atoms with Crippen LogP contribution in [0.3, 0.4) is 0 Å². The molecule has 2 bridgehead atoms. The van der Waals surface area contributed by atoms with Crippen molar-refractivity contribution in [3.8, 4) is 11.5 Å². The number of amides is 3. The molecule has 2 aromatic heterocycles. The monoisotopic (exact) mass is 866 g/mol. The van der Waals surface area contributed by atoms with Crippen molar-refractivity contribution in [1.29, 1.82) is 0 Å². The van der Waals surface area contributed by atoms with Gasteiger partial charge in [-0.1, -0.05) is 16.8 Å². The summed E-state index contributed by atoms with van der Waals surface area (Å²) in [4.78, 5) is 93.6. The van der Waals surface area contributed by atoms with Gasteiger partial charge in [0.1, 0.15) is 29.2 Å². The van der Waals surface area contributed by atoms with Crippen molar-refractivity contribution in [2.24, 2.45) is 5.16 Å². The van der Waals surface area contributed by atoms with Crippen LogP contribution in [-0.2, 0) is 24.0 Å². The molecule has 5 aliphatic heterocycles. The molecular formula is C35H36ClN8NaO11S2. The number of phenols is 2. The number of hydrogen-bond donors (Lipinski definition) is 5. The first kappa shape index (κ1) is 43.2. The Balaban J connectivity index is 0.00000567. The summed E-state index contributed by atoms with van der Waals surface area (Å²) < 4.78 is 0.413. The predicted octanol–water partition coefficient (Wildman–Crippen LogP) is -4.19. The molecule has 4 saturated heterocycles. The number of nitrogens with zero attached hydrogens (tertiary/aromatic N) is 5. The van der Waals surface area contributed by atoms with E-state index in [-0.39, 0.29) is 86.7 Å². The summed E-state index contributed by atoms with van der Waals surface area (Å²) in [6.07, 6.45) is 2.36. The second-order valence-corrected chi connectivity index (χ2v) is 17.5. The number of carboxylic acids is 2. The summed E-state index contributed by atoms with van der Waals surface area (Å²) in [6, 6.07) is -0.269. The molecule has 0 saturated carbocycles. The number of β-lactam (4-membered cyclic amide) rings is 1. The molecule has 3 atom stereocenters. The van der Waals surface area contributed by atoms with Gasteiger partial charge in [0, 0.05) is 47.3 Å².